The van der Waals surface area contributed by atoms with Crippen molar-refractivity contribution in [2.24, 2.45) is 0 Å². The van der Waals surface area contributed by atoms with Gasteiger partial charge >= 0.3 is 0 Å². The number of pyridine rings is 1. The number of rotatable bonds is 5. The van der Waals surface area contributed by atoms with Crippen LogP contribution in [0.5, 0.6) is 11.6 Å². The average Bonchev–Trinajstić information content (AvgIpc) is 3.23. The molecule has 0 amide bonds. The van der Waals surface area contributed by atoms with Gasteiger partial charge in [0.1, 0.15) is 23.1 Å². The Morgan fingerprint density at radius 3 is 2.56 bits per heavy atom. The Kier molecular flexibility index (Phi) is 5.41. The number of furan rings is 1. The predicted octanol–water partition coefficient (Wildman–Crippen LogP) is 5.33. The molecule has 2 heterocycles. The lowest BCUT2D eigenvalue weighted by Crippen LogP contribution is -1.98. The molecule has 0 aliphatic heterocycles. The highest BCUT2D eigenvalue weighted by Gasteiger charge is 2.18. The Hall–Kier alpha value is -3.74. The van der Waals surface area contributed by atoms with Crippen molar-refractivity contribution in [3.63, 3.8) is 0 Å². The molecular weight excluding hydrogens is 358 g/mol. The molecule has 0 N–H and O–H groups in total. The molecule has 0 atom stereocenters. The van der Waals surface area contributed by atoms with Crippen LogP contribution < -0.4 is 4.74 Å². The first-order chi connectivity index (χ1) is 13.2. The lowest BCUT2D eigenvalue weighted by molar-refractivity contribution is 0.460. The summed E-state index contributed by atoms with van der Waals surface area (Å²) in [6.45, 7) is 3.66. The molecule has 2 aromatic heterocycles. The molecule has 1 aromatic carbocycles. The minimum atomic E-state index is 0.120. The number of thiol groups is 1. The van der Waals surface area contributed by atoms with E-state index >= 15 is 0 Å². The van der Waals surface area contributed by atoms with E-state index in [1.54, 1.807) is 54.6 Å². The summed E-state index contributed by atoms with van der Waals surface area (Å²) < 4.78 is 11.3. The van der Waals surface area contributed by atoms with Gasteiger partial charge in [-0.15, -0.1) is 12.6 Å². The second-order valence-electron chi connectivity index (χ2n) is 5.35. The highest BCUT2D eigenvalue weighted by Crippen LogP contribution is 2.35. The minimum Gasteiger partial charge on any atom is -0.464 e. The highest BCUT2D eigenvalue weighted by molar-refractivity contribution is 7.90. The highest BCUT2D eigenvalue weighted by atomic mass is 32.1. The van der Waals surface area contributed by atoms with E-state index < -0.39 is 0 Å². The van der Waals surface area contributed by atoms with Crippen LogP contribution in [0.2, 0.25) is 0 Å². The lowest BCUT2D eigenvalue weighted by atomic mass is 10.1. The second-order valence-corrected chi connectivity index (χ2v) is 5.83. The van der Waals surface area contributed by atoms with Gasteiger partial charge in [0.15, 0.2) is 0 Å². The molecular formula is C21H13N3O2S. The molecule has 0 unspecified atom stereocenters. The Morgan fingerprint density at radius 2 is 1.96 bits per heavy atom. The third-order valence-corrected chi connectivity index (χ3v) is 4.00. The van der Waals surface area contributed by atoms with Gasteiger partial charge in [-0.1, -0.05) is 12.7 Å². The first-order valence-electron chi connectivity index (χ1n) is 7.85. The van der Waals surface area contributed by atoms with Crippen LogP contribution in [-0.2, 0) is 0 Å². The van der Waals surface area contributed by atoms with Gasteiger partial charge in [-0.2, -0.15) is 10.5 Å². The fourth-order valence-corrected chi connectivity index (χ4v) is 2.59. The van der Waals surface area contributed by atoms with E-state index in [1.807, 2.05) is 6.07 Å². The zero-order valence-corrected chi connectivity index (χ0v) is 15.0. The molecule has 0 radical (unpaired) electrons. The van der Waals surface area contributed by atoms with Crippen molar-refractivity contribution in [2.75, 3.05) is 0 Å². The van der Waals surface area contributed by atoms with Gasteiger partial charge < -0.3 is 9.15 Å². The summed E-state index contributed by atoms with van der Waals surface area (Å²) >= 11 is 4.43. The molecule has 3 aromatic rings. The van der Waals surface area contributed by atoms with Crippen LogP contribution in [0.25, 0.3) is 16.2 Å². The topological polar surface area (TPSA) is 82.8 Å². The first kappa shape index (κ1) is 18.1. The number of nitriles is 2. The van der Waals surface area contributed by atoms with E-state index in [0.717, 1.165) is 0 Å². The maximum atomic E-state index is 9.69. The van der Waals surface area contributed by atoms with Crippen molar-refractivity contribution in [1.29, 1.82) is 10.5 Å². The zero-order valence-electron chi connectivity index (χ0n) is 14.1. The predicted molar refractivity (Wildman–Crippen MR) is 105 cm³/mol. The van der Waals surface area contributed by atoms with E-state index in [1.165, 1.54) is 6.26 Å². The van der Waals surface area contributed by atoms with E-state index in [9.17, 15) is 5.26 Å². The van der Waals surface area contributed by atoms with Crippen molar-refractivity contribution in [3.8, 4) is 35.1 Å². The first-order valence-corrected chi connectivity index (χ1v) is 8.30. The van der Waals surface area contributed by atoms with Crippen molar-refractivity contribution >= 4 is 17.5 Å². The van der Waals surface area contributed by atoms with Crippen LogP contribution in [0, 0.1) is 22.7 Å². The average molecular weight is 371 g/mol. The molecule has 0 spiro atoms. The lowest BCUT2D eigenvalue weighted by Gasteiger charge is -2.12. The number of nitrogens with zero attached hydrogens (tertiary/aromatic N) is 3. The van der Waals surface area contributed by atoms with Gasteiger partial charge in [0.05, 0.1) is 23.6 Å². The van der Waals surface area contributed by atoms with Crippen molar-refractivity contribution in [1.82, 2.24) is 4.98 Å². The number of aromatic nitrogens is 1. The molecule has 0 saturated carbocycles. The molecule has 6 heteroatoms. The SMILES string of the molecule is C=C/C=C(\S)c1cc(-c2ccco2)c(C#N)c(Oc2ccc(C#N)cc2)n1. The number of hydrogen-bond donors (Lipinski definition) is 1. The Balaban J connectivity index is 2.15. The van der Waals surface area contributed by atoms with E-state index in [0.29, 0.717) is 33.2 Å². The fourth-order valence-electron chi connectivity index (χ4n) is 2.37. The monoisotopic (exact) mass is 371 g/mol. The summed E-state index contributed by atoms with van der Waals surface area (Å²) in [6, 6.07) is 15.9. The number of ether oxygens (including phenoxy) is 1. The van der Waals surface area contributed by atoms with Crippen LogP contribution >= 0.6 is 12.6 Å². The van der Waals surface area contributed by atoms with E-state index in [4.69, 9.17) is 14.4 Å². The molecule has 130 valence electrons. The van der Waals surface area contributed by atoms with Crippen LogP contribution in [0.3, 0.4) is 0 Å². The third kappa shape index (κ3) is 3.92. The minimum absolute atomic E-state index is 0.120. The molecule has 0 saturated heterocycles. The number of allylic oxidation sites excluding steroid dienone is 2. The van der Waals surface area contributed by atoms with Crippen LogP contribution in [0.4, 0.5) is 0 Å². The third-order valence-electron chi connectivity index (χ3n) is 3.62. The van der Waals surface area contributed by atoms with Crippen molar-refractivity contribution < 1.29 is 9.15 Å². The summed E-state index contributed by atoms with van der Waals surface area (Å²) in [5, 5.41) is 18.6. The van der Waals surface area contributed by atoms with E-state index in [2.05, 4.69) is 30.3 Å². The summed E-state index contributed by atoms with van der Waals surface area (Å²) in [5.74, 6) is 1.09. The number of benzene rings is 1. The van der Waals surface area contributed by atoms with Gasteiger partial charge in [-0.3, -0.25) is 0 Å². The van der Waals surface area contributed by atoms with Crippen molar-refractivity contribution in [2.45, 2.75) is 0 Å². The molecule has 0 aliphatic carbocycles. The fraction of sp³-hybridized carbons (Fsp3) is 0. The normalized spacial score (nSPS) is 10.7. The Morgan fingerprint density at radius 1 is 1.19 bits per heavy atom. The standard InChI is InChI=1S/C21H13N3O2S/c1-2-4-20(27)18-11-16(19-5-3-10-25-19)17(13-23)21(24-18)26-15-8-6-14(12-22)7-9-15/h2-11,27H,1H2/b20-4-. The van der Waals surface area contributed by atoms with Crippen LogP contribution in [-0.4, -0.2) is 4.98 Å². The van der Waals surface area contributed by atoms with Gasteiger partial charge in [0.2, 0.25) is 5.88 Å². The maximum Gasteiger partial charge on any atom is 0.238 e. The largest absolute Gasteiger partial charge is 0.464 e. The van der Waals surface area contributed by atoms with Gasteiger partial charge in [-0.25, -0.2) is 4.98 Å². The molecule has 0 fully saturated rings. The van der Waals surface area contributed by atoms with Crippen molar-refractivity contribution in [3.05, 3.63) is 84.3 Å². The van der Waals surface area contributed by atoms with Gasteiger partial charge in [0.25, 0.3) is 0 Å². The van der Waals surface area contributed by atoms with E-state index in [-0.39, 0.29) is 11.4 Å². The molecule has 3 rings (SSSR count). The molecule has 27 heavy (non-hydrogen) atoms. The van der Waals surface area contributed by atoms with Gasteiger partial charge in [-0.05, 0) is 48.5 Å². The Bertz CT molecular complexity index is 1090. The summed E-state index contributed by atoms with van der Waals surface area (Å²) in [5.41, 5.74) is 1.79. The summed E-state index contributed by atoms with van der Waals surface area (Å²) in [4.78, 5) is 4.99. The molecule has 0 bridgehead atoms. The van der Waals surface area contributed by atoms with Crippen LogP contribution in [0.15, 0.2) is 71.9 Å². The second kappa shape index (κ2) is 8.09. The molecule has 0 aliphatic rings. The summed E-state index contributed by atoms with van der Waals surface area (Å²) in [7, 11) is 0. The Labute approximate surface area is 161 Å². The number of hydrogen-bond acceptors (Lipinski definition) is 6. The van der Waals surface area contributed by atoms with Crippen LogP contribution in [0.1, 0.15) is 16.8 Å². The zero-order chi connectivity index (χ0) is 19.2. The molecule has 5 nitrogen and oxygen atoms in total. The van der Waals surface area contributed by atoms with Gasteiger partial charge in [0, 0.05) is 10.5 Å². The smallest absolute Gasteiger partial charge is 0.238 e. The summed E-state index contributed by atoms with van der Waals surface area (Å²) in [6.07, 6.45) is 4.81. The maximum absolute atomic E-state index is 9.69. The quantitative estimate of drug-likeness (QED) is 0.484.